The smallest absolute Gasteiger partial charge is 0.423 e. The minimum Gasteiger partial charge on any atom is -0.423 e. The van der Waals surface area contributed by atoms with Gasteiger partial charge in [-0.25, -0.2) is 0 Å². The van der Waals surface area contributed by atoms with E-state index in [2.05, 4.69) is 35.3 Å². The highest BCUT2D eigenvalue weighted by molar-refractivity contribution is 9.10. The average molecular weight is 261 g/mol. The van der Waals surface area contributed by atoms with Gasteiger partial charge in [0.2, 0.25) is 0 Å². The second-order valence-corrected chi connectivity index (χ2v) is 3.09. The Morgan fingerprint density at radius 1 is 1.14 bits per heavy atom. The van der Waals surface area contributed by atoms with Crippen molar-refractivity contribution in [3.8, 4) is 0 Å². The molecular weight excluding hydrogens is 255 g/mol. The van der Waals surface area contributed by atoms with Gasteiger partial charge in [-0.3, -0.25) is 0 Å². The van der Waals surface area contributed by atoms with Gasteiger partial charge in [0.05, 0.1) is 16.9 Å². The highest BCUT2D eigenvalue weighted by atomic mass is 79.9. The van der Waals surface area contributed by atoms with E-state index in [1.54, 1.807) is 6.20 Å². The van der Waals surface area contributed by atoms with Crippen molar-refractivity contribution >= 4 is 28.5 Å². The maximum Gasteiger partial charge on any atom is 0.493 e. The third kappa shape index (κ3) is 3.73. The van der Waals surface area contributed by atoms with Crippen LogP contribution >= 0.6 is 15.9 Å². The van der Waals surface area contributed by atoms with Crippen LogP contribution < -0.4 is 5.46 Å². The van der Waals surface area contributed by atoms with Crippen molar-refractivity contribution in [2.24, 2.45) is 0 Å². The Bertz CT molecular complexity index is 337. The Morgan fingerprint density at radius 2 is 1.79 bits per heavy atom. The molecule has 2 N–H and O–H groups in total. The Morgan fingerprint density at radius 3 is 2.00 bits per heavy atom. The van der Waals surface area contributed by atoms with Gasteiger partial charge in [0.15, 0.2) is 0 Å². The molecule has 2 heterocycles. The Balaban J connectivity index is 0.000000146. The molecule has 0 amide bonds. The van der Waals surface area contributed by atoms with E-state index in [9.17, 15) is 0 Å². The van der Waals surface area contributed by atoms with Crippen molar-refractivity contribution < 1.29 is 19.1 Å². The molecule has 2 aromatic rings. The maximum atomic E-state index is 8.37. The van der Waals surface area contributed by atoms with Gasteiger partial charge in [0.25, 0.3) is 0 Å². The van der Waals surface area contributed by atoms with Crippen LogP contribution in [0.4, 0.5) is 0 Å². The molecule has 0 atom stereocenters. The predicted molar refractivity (Wildman–Crippen MR) is 50.5 cm³/mol. The first-order valence-electron chi connectivity index (χ1n) is 3.50. The van der Waals surface area contributed by atoms with E-state index in [0.717, 1.165) is 4.47 Å². The van der Waals surface area contributed by atoms with E-state index in [1.807, 2.05) is 0 Å². The van der Waals surface area contributed by atoms with Gasteiger partial charge in [0, 0.05) is 5.46 Å². The zero-order valence-corrected chi connectivity index (χ0v) is 8.46. The van der Waals surface area contributed by atoms with Crippen LogP contribution in [0, 0.1) is 0 Å². The summed E-state index contributed by atoms with van der Waals surface area (Å²) < 4.78 is 9.60. The van der Waals surface area contributed by atoms with Gasteiger partial charge >= 0.3 is 7.12 Å². The molecule has 0 fully saturated rings. The van der Waals surface area contributed by atoms with Crippen LogP contribution in [0.5, 0.6) is 0 Å². The Kier molecular flexibility index (Phi) is 4.37. The number of nitrogens with zero attached hydrogens (tertiary/aromatic N) is 2. The SMILES string of the molecule is Brc1cnoc1.OB(O)c1cnoc1. The summed E-state index contributed by atoms with van der Waals surface area (Å²) in [5.41, 5.74) is 0.269. The van der Waals surface area contributed by atoms with Crippen molar-refractivity contribution in [1.82, 2.24) is 10.3 Å². The van der Waals surface area contributed by atoms with E-state index < -0.39 is 7.12 Å². The van der Waals surface area contributed by atoms with Crippen LogP contribution in [0.3, 0.4) is 0 Å². The van der Waals surface area contributed by atoms with Gasteiger partial charge in [-0.1, -0.05) is 10.3 Å². The first kappa shape index (κ1) is 11.0. The van der Waals surface area contributed by atoms with Crippen LogP contribution in [0.15, 0.2) is 38.4 Å². The number of halogens is 1. The molecule has 14 heavy (non-hydrogen) atoms. The van der Waals surface area contributed by atoms with Gasteiger partial charge in [0.1, 0.15) is 12.5 Å². The zero-order chi connectivity index (χ0) is 10.4. The van der Waals surface area contributed by atoms with Gasteiger partial charge < -0.3 is 19.1 Å². The zero-order valence-electron chi connectivity index (χ0n) is 6.87. The van der Waals surface area contributed by atoms with E-state index in [1.165, 1.54) is 18.7 Å². The van der Waals surface area contributed by atoms with Crippen molar-refractivity contribution in [1.29, 1.82) is 0 Å². The molecule has 0 saturated heterocycles. The molecule has 8 heteroatoms. The molecule has 0 radical (unpaired) electrons. The van der Waals surface area contributed by atoms with E-state index in [4.69, 9.17) is 10.0 Å². The minimum atomic E-state index is -1.47. The van der Waals surface area contributed by atoms with Crippen molar-refractivity contribution in [3.63, 3.8) is 0 Å². The number of rotatable bonds is 1. The molecular formula is C6H6BBrN2O4. The third-order valence-corrected chi connectivity index (χ3v) is 1.54. The predicted octanol–water partition coefficient (Wildman–Crippen LogP) is -0.209. The summed E-state index contributed by atoms with van der Waals surface area (Å²) in [6.07, 6.45) is 5.51. The van der Waals surface area contributed by atoms with E-state index in [0.29, 0.717) is 0 Å². The highest BCUT2D eigenvalue weighted by Crippen LogP contribution is 2.03. The summed E-state index contributed by atoms with van der Waals surface area (Å²) in [6, 6.07) is 0. The lowest BCUT2D eigenvalue weighted by Gasteiger charge is -1.84. The molecule has 0 aliphatic heterocycles. The standard InChI is InChI=1S/C3H4BNO3.C3H2BrNO/c6-4(7)3-1-5-8-2-3;4-3-1-5-6-2-3/h1-2,6-7H;1-2H. The monoisotopic (exact) mass is 260 g/mol. The molecule has 0 aromatic carbocycles. The van der Waals surface area contributed by atoms with Crippen molar-refractivity contribution in [2.45, 2.75) is 0 Å². The molecule has 0 bridgehead atoms. The summed E-state index contributed by atoms with van der Waals surface area (Å²) in [5.74, 6) is 0. The fourth-order valence-electron chi connectivity index (χ4n) is 0.533. The molecule has 0 unspecified atom stereocenters. The number of aromatic nitrogens is 2. The Hall–Kier alpha value is -1.12. The molecule has 0 aliphatic carbocycles. The first-order chi connectivity index (χ1) is 6.70. The summed E-state index contributed by atoms with van der Waals surface area (Å²) in [7, 11) is -1.47. The van der Waals surface area contributed by atoms with Crippen LogP contribution in [0.25, 0.3) is 0 Å². The maximum absolute atomic E-state index is 8.37. The van der Waals surface area contributed by atoms with Gasteiger partial charge in [-0.2, -0.15) is 0 Å². The number of hydrogen-bond acceptors (Lipinski definition) is 6. The van der Waals surface area contributed by atoms with Gasteiger partial charge in [-0.15, -0.1) is 0 Å². The first-order valence-corrected chi connectivity index (χ1v) is 4.29. The molecule has 6 nitrogen and oxygen atoms in total. The fraction of sp³-hybridized carbons (Fsp3) is 0. The summed E-state index contributed by atoms with van der Waals surface area (Å²) in [6.45, 7) is 0. The van der Waals surface area contributed by atoms with Crippen LogP contribution in [-0.4, -0.2) is 27.5 Å². The second kappa shape index (κ2) is 5.58. The van der Waals surface area contributed by atoms with Gasteiger partial charge in [-0.05, 0) is 15.9 Å². The molecule has 0 aliphatic rings. The summed E-state index contributed by atoms with van der Waals surface area (Å²) in [5, 5.41) is 23.4. The van der Waals surface area contributed by atoms with Crippen LogP contribution in [0.1, 0.15) is 0 Å². The number of hydrogen-bond donors (Lipinski definition) is 2. The lowest BCUT2D eigenvalue weighted by atomic mass is 9.83. The topological polar surface area (TPSA) is 92.5 Å². The van der Waals surface area contributed by atoms with Crippen LogP contribution in [-0.2, 0) is 0 Å². The van der Waals surface area contributed by atoms with Crippen molar-refractivity contribution in [3.05, 3.63) is 29.4 Å². The lowest BCUT2D eigenvalue weighted by Crippen LogP contribution is -2.27. The highest BCUT2D eigenvalue weighted by Gasteiger charge is 2.11. The molecule has 2 rings (SSSR count). The largest absolute Gasteiger partial charge is 0.493 e. The quantitative estimate of drug-likeness (QED) is 0.690. The minimum absolute atomic E-state index is 0.269. The lowest BCUT2D eigenvalue weighted by molar-refractivity contribution is 0.415. The third-order valence-electron chi connectivity index (χ3n) is 1.15. The molecule has 0 spiro atoms. The Labute approximate surface area is 87.8 Å². The molecule has 2 aromatic heterocycles. The van der Waals surface area contributed by atoms with E-state index >= 15 is 0 Å². The summed E-state index contributed by atoms with van der Waals surface area (Å²) >= 11 is 3.12. The summed E-state index contributed by atoms with van der Waals surface area (Å²) in [4.78, 5) is 0. The normalized spacial score (nSPS) is 9.07. The molecule has 0 saturated carbocycles. The molecule has 74 valence electrons. The fourth-order valence-corrected chi connectivity index (χ4v) is 0.700. The van der Waals surface area contributed by atoms with Crippen LogP contribution in [0.2, 0.25) is 0 Å². The average Bonchev–Trinajstić information content (AvgIpc) is 2.75. The van der Waals surface area contributed by atoms with Crippen molar-refractivity contribution in [2.75, 3.05) is 0 Å². The second-order valence-electron chi connectivity index (χ2n) is 2.17. The van der Waals surface area contributed by atoms with E-state index in [-0.39, 0.29) is 5.46 Å².